The van der Waals surface area contributed by atoms with Gasteiger partial charge in [0.05, 0.1) is 5.92 Å². The van der Waals surface area contributed by atoms with Crippen LogP contribution in [0.15, 0.2) is 11.6 Å². The monoisotopic (exact) mass is 226 g/mol. The number of amides is 2. The zero-order valence-corrected chi connectivity index (χ0v) is 9.69. The van der Waals surface area contributed by atoms with Gasteiger partial charge in [0.25, 0.3) is 0 Å². The molecule has 0 radical (unpaired) electrons. The van der Waals surface area contributed by atoms with Crippen LogP contribution in [-0.2, 0) is 4.79 Å². The minimum atomic E-state index is -0.893. The van der Waals surface area contributed by atoms with Crippen molar-refractivity contribution in [3.63, 3.8) is 0 Å². The van der Waals surface area contributed by atoms with E-state index in [0.717, 1.165) is 6.42 Å². The third kappa shape index (κ3) is 3.56. The summed E-state index contributed by atoms with van der Waals surface area (Å²) in [6, 6.07) is -0.180. The lowest BCUT2D eigenvalue weighted by Crippen LogP contribution is -2.44. The molecule has 1 atom stereocenters. The molecule has 5 nitrogen and oxygen atoms in total. The van der Waals surface area contributed by atoms with Crippen LogP contribution in [0, 0.1) is 5.92 Å². The number of carbonyl (C=O) groups is 2. The second kappa shape index (κ2) is 5.53. The zero-order valence-electron chi connectivity index (χ0n) is 9.69. The van der Waals surface area contributed by atoms with Crippen LogP contribution < -0.4 is 5.32 Å². The summed E-state index contributed by atoms with van der Waals surface area (Å²) >= 11 is 0. The van der Waals surface area contributed by atoms with Gasteiger partial charge in [0, 0.05) is 19.6 Å². The Hall–Kier alpha value is -1.52. The maximum Gasteiger partial charge on any atom is 0.317 e. The Morgan fingerprint density at radius 1 is 1.62 bits per heavy atom. The standard InChI is InChI=1S/C11H18N2O3/c1-8-4-3-5-13(7-8)11(16)12-6-9(2)10(14)15/h4,9H,3,5-7H2,1-2H3,(H,12,16)(H,14,15). The highest BCUT2D eigenvalue weighted by Crippen LogP contribution is 2.08. The highest BCUT2D eigenvalue weighted by atomic mass is 16.4. The van der Waals surface area contributed by atoms with Gasteiger partial charge in [0.1, 0.15) is 0 Å². The minimum Gasteiger partial charge on any atom is -0.481 e. The molecule has 0 aromatic rings. The van der Waals surface area contributed by atoms with Crippen molar-refractivity contribution in [3.8, 4) is 0 Å². The minimum absolute atomic E-state index is 0.174. The van der Waals surface area contributed by atoms with E-state index in [1.165, 1.54) is 5.57 Å². The molecule has 16 heavy (non-hydrogen) atoms. The summed E-state index contributed by atoms with van der Waals surface area (Å²) in [6.45, 7) is 5.06. The van der Waals surface area contributed by atoms with E-state index in [4.69, 9.17) is 5.11 Å². The molecule has 2 N–H and O–H groups in total. The van der Waals surface area contributed by atoms with Crippen molar-refractivity contribution in [2.45, 2.75) is 20.3 Å². The Morgan fingerprint density at radius 2 is 2.31 bits per heavy atom. The lowest BCUT2D eigenvalue weighted by Gasteiger charge is -2.26. The molecule has 90 valence electrons. The summed E-state index contributed by atoms with van der Waals surface area (Å²) in [4.78, 5) is 23.9. The Bertz CT molecular complexity index is 312. The predicted molar refractivity (Wildman–Crippen MR) is 60.1 cm³/mol. The van der Waals surface area contributed by atoms with E-state index >= 15 is 0 Å². The Kier molecular flexibility index (Phi) is 4.34. The second-order valence-corrected chi connectivity index (χ2v) is 4.19. The lowest BCUT2D eigenvalue weighted by atomic mass is 10.1. The summed E-state index contributed by atoms with van der Waals surface area (Å²) in [5, 5.41) is 11.3. The van der Waals surface area contributed by atoms with E-state index in [1.54, 1.807) is 11.8 Å². The summed E-state index contributed by atoms with van der Waals surface area (Å²) in [6.07, 6.45) is 2.98. The molecule has 5 heteroatoms. The van der Waals surface area contributed by atoms with E-state index < -0.39 is 11.9 Å². The molecule has 0 bridgehead atoms. The molecular weight excluding hydrogens is 208 g/mol. The average Bonchev–Trinajstić information content (AvgIpc) is 2.25. The molecule has 2 amide bonds. The van der Waals surface area contributed by atoms with Crippen molar-refractivity contribution in [2.24, 2.45) is 5.92 Å². The van der Waals surface area contributed by atoms with E-state index in [0.29, 0.717) is 13.1 Å². The smallest absolute Gasteiger partial charge is 0.317 e. The van der Waals surface area contributed by atoms with Gasteiger partial charge in [-0.1, -0.05) is 18.6 Å². The number of carbonyl (C=O) groups excluding carboxylic acids is 1. The lowest BCUT2D eigenvalue weighted by molar-refractivity contribution is -0.140. The van der Waals surface area contributed by atoms with Crippen LogP contribution in [0.25, 0.3) is 0 Å². The number of carboxylic acids is 1. The van der Waals surface area contributed by atoms with Gasteiger partial charge in [-0.2, -0.15) is 0 Å². The van der Waals surface area contributed by atoms with Crippen LogP contribution in [-0.4, -0.2) is 41.6 Å². The number of nitrogens with one attached hydrogen (secondary N) is 1. The average molecular weight is 226 g/mol. The zero-order chi connectivity index (χ0) is 12.1. The van der Waals surface area contributed by atoms with E-state index in [-0.39, 0.29) is 12.6 Å². The molecule has 0 aromatic carbocycles. The first-order valence-corrected chi connectivity index (χ1v) is 5.42. The molecular formula is C11H18N2O3. The first-order valence-electron chi connectivity index (χ1n) is 5.42. The van der Waals surface area contributed by atoms with Crippen LogP contribution in [0.3, 0.4) is 0 Å². The normalized spacial score (nSPS) is 17.6. The molecule has 1 aliphatic rings. The molecule has 0 saturated heterocycles. The number of carboxylic acid groups (broad SMARTS) is 1. The number of rotatable bonds is 3. The van der Waals surface area contributed by atoms with Crippen molar-refractivity contribution in [1.82, 2.24) is 10.2 Å². The maximum atomic E-state index is 11.7. The van der Waals surface area contributed by atoms with Gasteiger partial charge in [-0.05, 0) is 13.3 Å². The number of hydrogen-bond donors (Lipinski definition) is 2. The van der Waals surface area contributed by atoms with Crippen molar-refractivity contribution < 1.29 is 14.7 Å². The molecule has 0 saturated carbocycles. The molecule has 1 rings (SSSR count). The van der Waals surface area contributed by atoms with Gasteiger partial charge in [-0.15, -0.1) is 0 Å². The molecule has 0 aliphatic carbocycles. The number of hydrogen-bond acceptors (Lipinski definition) is 2. The van der Waals surface area contributed by atoms with Gasteiger partial charge >= 0.3 is 12.0 Å². The van der Waals surface area contributed by atoms with Crippen LogP contribution in [0.1, 0.15) is 20.3 Å². The van der Waals surface area contributed by atoms with E-state index in [9.17, 15) is 9.59 Å². The molecule has 1 aliphatic heterocycles. The highest BCUT2D eigenvalue weighted by molar-refractivity contribution is 5.76. The van der Waals surface area contributed by atoms with Crippen molar-refractivity contribution in [1.29, 1.82) is 0 Å². The fourth-order valence-electron chi connectivity index (χ4n) is 1.52. The van der Waals surface area contributed by atoms with Gasteiger partial charge in [-0.3, -0.25) is 4.79 Å². The second-order valence-electron chi connectivity index (χ2n) is 4.19. The van der Waals surface area contributed by atoms with Crippen molar-refractivity contribution in [2.75, 3.05) is 19.6 Å². The van der Waals surface area contributed by atoms with Crippen LogP contribution in [0.5, 0.6) is 0 Å². The summed E-state index contributed by atoms with van der Waals surface area (Å²) in [7, 11) is 0. The SMILES string of the molecule is CC1=CCCN(C(=O)NCC(C)C(=O)O)C1. The Morgan fingerprint density at radius 3 is 2.88 bits per heavy atom. The van der Waals surface area contributed by atoms with E-state index in [2.05, 4.69) is 11.4 Å². The highest BCUT2D eigenvalue weighted by Gasteiger charge is 2.18. The summed E-state index contributed by atoms with van der Waals surface area (Å²) in [5.74, 6) is -1.44. The van der Waals surface area contributed by atoms with Gasteiger partial charge in [0.15, 0.2) is 0 Å². The van der Waals surface area contributed by atoms with Crippen LogP contribution in [0.2, 0.25) is 0 Å². The number of nitrogens with zero attached hydrogens (tertiary/aromatic N) is 1. The molecule has 0 aromatic heterocycles. The fraction of sp³-hybridized carbons (Fsp3) is 0.636. The van der Waals surface area contributed by atoms with Crippen LogP contribution >= 0.6 is 0 Å². The Labute approximate surface area is 95.1 Å². The molecule has 1 heterocycles. The fourth-order valence-corrected chi connectivity index (χ4v) is 1.52. The van der Waals surface area contributed by atoms with Gasteiger partial charge in [0.2, 0.25) is 0 Å². The van der Waals surface area contributed by atoms with Crippen LogP contribution in [0.4, 0.5) is 4.79 Å². The third-order valence-corrected chi connectivity index (χ3v) is 2.60. The summed E-state index contributed by atoms with van der Waals surface area (Å²) in [5.41, 5.74) is 1.17. The van der Waals surface area contributed by atoms with Crippen molar-refractivity contribution in [3.05, 3.63) is 11.6 Å². The van der Waals surface area contributed by atoms with Crippen molar-refractivity contribution >= 4 is 12.0 Å². The quantitative estimate of drug-likeness (QED) is 0.707. The summed E-state index contributed by atoms with van der Waals surface area (Å²) < 4.78 is 0. The van der Waals surface area contributed by atoms with Gasteiger partial charge < -0.3 is 15.3 Å². The Balaban J connectivity index is 2.36. The predicted octanol–water partition coefficient (Wildman–Crippen LogP) is 1.07. The topological polar surface area (TPSA) is 69.6 Å². The third-order valence-electron chi connectivity index (χ3n) is 2.60. The first-order chi connectivity index (χ1) is 7.50. The number of urea groups is 1. The number of aliphatic carboxylic acids is 1. The van der Waals surface area contributed by atoms with Gasteiger partial charge in [-0.25, -0.2) is 4.79 Å². The maximum absolute atomic E-state index is 11.7. The molecule has 0 fully saturated rings. The largest absolute Gasteiger partial charge is 0.481 e. The first kappa shape index (κ1) is 12.5. The van der Waals surface area contributed by atoms with E-state index in [1.807, 2.05) is 6.92 Å². The molecule has 1 unspecified atom stereocenters. The molecule has 0 spiro atoms.